The fourth-order valence-corrected chi connectivity index (χ4v) is 7.12. The molecule has 3 fully saturated rings. The Bertz CT molecular complexity index is 1210. The van der Waals surface area contributed by atoms with Crippen molar-refractivity contribution in [3.05, 3.63) is 36.3 Å². The molecule has 3 heterocycles. The number of carboxylic acid groups (broad SMARTS) is 1. The molecule has 0 saturated heterocycles. The van der Waals surface area contributed by atoms with Gasteiger partial charge in [0.2, 0.25) is 0 Å². The number of halogens is 3. The second kappa shape index (κ2) is 7.07. The van der Waals surface area contributed by atoms with Crippen molar-refractivity contribution in [2.75, 3.05) is 5.32 Å². The summed E-state index contributed by atoms with van der Waals surface area (Å²) in [5.74, 6) is -1.51. The molecular weight excluding hydrogens is 519 g/mol. The number of nitrogens with zero attached hydrogens (tertiary/aromatic N) is 4. The Morgan fingerprint density at radius 3 is 2.71 bits per heavy atom. The van der Waals surface area contributed by atoms with Crippen LogP contribution in [0.25, 0.3) is 22.4 Å². The van der Waals surface area contributed by atoms with Crippen molar-refractivity contribution >= 4 is 22.8 Å². The van der Waals surface area contributed by atoms with Crippen LogP contribution in [0.15, 0.2) is 24.7 Å². The van der Waals surface area contributed by atoms with E-state index in [1.165, 1.54) is 12.3 Å². The van der Waals surface area contributed by atoms with E-state index in [1.54, 1.807) is 0 Å². The first-order valence-electron chi connectivity index (χ1n) is 10.1. The number of nitrogens with one attached hydrogen (secondary N) is 1. The molecule has 6 rings (SSSR count). The van der Waals surface area contributed by atoms with Gasteiger partial charge in [0.25, 0.3) is 0 Å². The second-order valence-electron chi connectivity index (χ2n) is 8.72. The first-order chi connectivity index (χ1) is 14.7. The van der Waals surface area contributed by atoms with Gasteiger partial charge in [0, 0.05) is 0 Å². The monoisotopic (exact) mass is 540 g/mol. The summed E-state index contributed by atoms with van der Waals surface area (Å²) in [4.78, 5) is 24.4. The number of alkyl halides is 1. The summed E-state index contributed by atoms with van der Waals surface area (Å²) in [6.45, 7) is 4.24. The molecular formula is C21H21F2IN5O2-. The average molecular weight is 540 g/mol. The zero-order chi connectivity index (χ0) is 22.0. The van der Waals surface area contributed by atoms with Crippen LogP contribution >= 0.6 is 0 Å². The Kier molecular flexibility index (Phi) is 4.68. The zero-order valence-corrected chi connectivity index (χ0v) is 19.2. The van der Waals surface area contributed by atoms with Gasteiger partial charge in [0.1, 0.15) is 0 Å². The number of aromatic nitrogens is 4. The van der Waals surface area contributed by atoms with Crippen LogP contribution in [0.3, 0.4) is 0 Å². The van der Waals surface area contributed by atoms with E-state index < -0.39 is 50.0 Å². The number of rotatable bonds is 6. The van der Waals surface area contributed by atoms with Gasteiger partial charge >= 0.3 is 188 Å². The second-order valence-corrected chi connectivity index (χ2v) is 12.8. The van der Waals surface area contributed by atoms with Gasteiger partial charge in [-0.05, 0) is 0 Å². The van der Waals surface area contributed by atoms with Crippen LogP contribution in [-0.4, -0.2) is 38.3 Å². The molecule has 7 nitrogen and oxygen atoms in total. The molecule has 0 amide bonds. The fourth-order valence-electron chi connectivity index (χ4n) is 4.83. The summed E-state index contributed by atoms with van der Waals surface area (Å²) < 4.78 is 31.0. The maximum atomic E-state index is 14.6. The van der Waals surface area contributed by atoms with Gasteiger partial charge in [-0.15, -0.1) is 0 Å². The predicted octanol–water partition coefficient (Wildman–Crippen LogP) is 0.841. The Morgan fingerprint density at radius 1 is 1.26 bits per heavy atom. The maximum absolute atomic E-state index is 14.6. The third-order valence-corrected chi connectivity index (χ3v) is 8.58. The van der Waals surface area contributed by atoms with Gasteiger partial charge < -0.3 is 0 Å². The zero-order valence-electron chi connectivity index (χ0n) is 17.0. The van der Waals surface area contributed by atoms with Crippen molar-refractivity contribution in [1.29, 1.82) is 0 Å². The van der Waals surface area contributed by atoms with Crippen LogP contribution in [0.5, 0.6) is 0 Å². The molecule has 0 unspecified atom stereocenters. The number of fused-ring (bicyclic) bond motifs is 2. The molecule has 3 aromatic rings. The molecule has 2 bridgehead atoms. The standard InChI is InChI=1S/C21H21F2IN5O2/c1-11(2)24-29-8-14(13-5-12(22)6-26-18(13)29)16-25-7-15(23)17(27-16)28-21-4-3-20(9-21,10-21)19(30)31/h5-8,11H,3-4,9-10H2,1-2H3,(H,30,31)(H,25,27,28)/q-1. The van der Waals surface area contributed by atoms with Crippen LogP contribution < -0.4 is 26.8 Å². The molecule has 3 aromatic heterocycles. The molecule has 164 valence electrons. The molecule has 0 spiro atoms. The fraction of sp³-hybridized carbons (Fsp3) is 0.429. The molecule has 3 aliphatic rings. The quantitative estimate of drug-likeness (QED) is 0.356. The summed E-state index contributed by atoms with van der Waals surface area (Å²) in [6.07, 6.45) is 6.32. The molecule has 0 aromatic carbocycles. The van der Waals surface area contributed by atoms with E-state index in [9.17, 15) is 18.7 Å². The van der Waals surface area contributed by atoms with Crippen molar-refractivity contribution in [3.63, 3.8) is 0 Å². The minimum atomic E-state index is -0.790. The van der Waals surface area contributed by atoms with Crippen molar-refractivity contribution in [2.24, 2.45) is 5.41 Å². The molecule has 0 aliphatic heterocycles. The molecule has 3 aliphatic carbocycles. The van der Waals surface area contributed by atoms with Gasteiger partial charge in [0.05, 0.1) is 0 Å². The van der Waals surface area contributed by atoms with E-state index in [0.717, 1.165) is 6.20 Å². The first-order valence-corrected chi connectivity index (χ1v) is 12.3. The number of carbonyl (C=O) groups is 1. The summed E-state index contributed by atoms with van der Waals surface area (Å²) in [5.41, 5.74) is 0.120. The number of hydrogen-bond donors (Lipinski definition) is 2. The van der Waals surface area contributed by atoms with Crippen molar-refractivity contribution in [2.45, 2.75) is 49.0 Å². The number of aliphatic carboxylic acids is 1. The summed E-state index contributed by atoms with van der Waals surface area (Å²) in [7, 11) is 0. The molecule has 0 atom stereocenters. The van der Waals surface area contributed by atoms with Gasteiger partial charge in [-0.2, -0.15) is 0 Å². The van der Waals surface area contributed by atoms with Gasteiger partial charge in [0.15, 0.2) is 0 Å². The summed E-state index contributed by atoms with van der Waals surface area (Å²) >= 11 is -0.425. The Hall–Kier alpha value is -2.37. The summed E-state index contributed by atoms with van der Waals surface area (Å²) in [6, 6.07) is 1.40. The number of pyridine rings is 1. The third-order valence-electron chi connectivity index (χ3n) is 6.13. The number of hydrogen-bond acceptors (Lipinski definition) is 5. The van der Waals surface area contributed by atoms with Crippen molar-refractivity contribution in [1.82, 2.24) is 17.7 Å². The van der Waals surface area contributed by atoms with E-state index in [2.05, 4.69) is 34.1 Å². The SMILES string of the molecule is CC(C)[I-]n1cc(-c2ncc(F)c(NC34CCC(C(=O)O)(C3)C4)n2)c2cc(F)cnc21. The van der Waals surface area contributed by atoms with E-state index in [4.69, 9.17) is 0 Å². The van der Waals surface area contributed by atoms with Crippen LogP contribution in [0, 0.1) is 17.0 Å². The van der Waals surface area contributed by atoms with Crippen molar-refractivity contribution in [3.8, 4) is 11.4 Å². The molecule has 10 heteroatoms. The predicted molar refractivity (Wildman–Crippen MR) is 106 cm³/mol. The van der Waals surface area contributed by atoms with Crippen LogP contribution in [0.4, 0.5) is 14.6 Å². The minimum absolute atomic E-state index is 0.0507. The average Bonchev–Trinajstić information content (AvgIpc) is 3.34. The van der Waals surface area contributed by atoms with E-state index >= 15 is 0 Å². The van der Waals surface area contributed by atoms with Crippen LogP contribution in [0.1, 0.15) is 39.5 Å². The van der Waals surface area contributed by atoms with Gasteiger partial charge in [-0.1, -0.05) is 0 Å². The van der Waals surface area contributed by atoms with Crippen LogP contribution in [0.2, 0.25) is 0 Å². The molecule has 31 heavy (non-hydrogen) atoms. The normalized spacial score (nSPS) is 24.7. The summed E-state index contributed by atoms with van der Waals surface area (Å²) in [5, 5.41) is 13.2. The Morgan fingerprint density at radius 2 is 2.03 bits per heavy atom. The van der Waals surface area contributed by atoms with Crippen molar-refractivity contribution < 1.29 is 40.2 Å². The molecule has 3 saturated carbocycles. The Labute approximate surface area is 187 Å². The van der Waals surface area contributed by atoms with Crippen LogP contribution in [-0.2, 0) is 4.79 Å². The topological polar surface area (TPSA) is 92.9 Å². The molecule has 2 N–H and O–H groups in total. The van der Waals surface area contributed by atoms with E-state index in [1.807, 2.05) is 8.98 Å². The third kappa shape index (κ3) is 3.35. The van der Waals surface area contributed by atoms with Gasteiger partial charge in [-0.25, -0.2) is 0 Å². The van der Waals surface area contributed by atoms with E-state index in [-0.39, 0.29) is 11.6 Å². The van der Waals surface area contributed by atoms with Gasteiger partial charge in [-0.3, -0.25) is 0 Å². The molecule has 0 radical (unpaired) electrons. The van der Waals surface area contributed by atoms with E-state index in [0.29, 0.717) is 46.2 Å². The Balaban J connectivity index is 1.52. The number of anilines is 1. The first kappa shape index (κ1) is 20.5. The number of carboxylic acids is 1.